The van der Waals surface area contributed by atoms with Gasteiger partial charge < -0.3 is 9.64 Å². The number of allylic oxidation sites excluding steroid dienone is 5. The van der Waals surface area contributed by atoms with E-state index in [1.807, 2.05) is 0 Å². The summed E-state index contributed by atoms with van der Waals surface area (Å²) in [6, 6.07) is 3.07. The molecule has 0 N–H and O–H groups in total. The number of fused-ring (bicyclic) bond motifs is 1. The number of esters is 1. The average molecular weight is 724 g/mol. The van der Waals surface area contributed by atoms with Gasteiger partial charge in [-0.15, -0.1) is 0 Å². The lowest BCUT2D eigenvalue weighted by atomic mass is 9.75. The maximum absolute atomic E-state index is 14.7. The Morgan fingerprint density at radius 2 is 1.78 bits per heavy atom. The number of hydrogen-bond acceptors (Lipinski definition) is 5. The van der Waals surface area contributed by atoms with Gasteiger partial charge in [-0.25, -0.2) is 22.0 Å². The molecule has 1 aromatic rings. The van der Waals surface area contributed by atoms with Crippen LogP contribution in [0.5, 0.6) is 0 Å². The Balaban J connectivity index is 1.85. The second-order valence-electron chi connectivity index (χ2n) is 12.8. The normalized spacial score (nSPS) is 26.4. The van der Waals surface area contributed by atoms with Gasteiger partial charge in [0.05, 0.1) is 18.0 Å². The van der Waals surface area contributed by atoms with Gasteiger partial charge in [-0.05, 0) is 68.2 Å². The molecule has 270 valence electrons. The summed E-state index contributed by atoms with van der Waals surface area (Å²) in [6.07, 6.45) is -11.2. The molecule has 15 heteroatoms. The number of halogens is 8. The minimum Gasteiger partial charge on any atom is -0.466 e. The second-order valence-corrected chi connectivity index (χ2v) is 15.0. The predicted octanol–water partition coefficient (Wildman–Crippen LogP) is 7.92. The van der Waals surface area contributed by atoms with Crippen molar-refractivity contribution in [3.05, 3.63) is 77.2 Å². The van der Waals surface area contributed by atoms with E-state index in [1.165, 1.54) is 25.0 Å². The summed E-state index contributed by atoms with van der Waals surface area (Å²) in [4.78, 5) is 27.2. The molecule has 3 aliphatic rings. The van der Waals surface area contributed by atoms with E-state index in [0.29, 0.717) is 5.57 Å². The molecule has 0 bridgehead atoms. The van der Waals surface area contributed by atoms with Crippen molar-refractivity contribution in [3.8, 4) is 0 Å². The molecule has 6 nitrogen and oxygen atoms in total. The van der Waals surface area contributed by atoms with Crippen LogP contribution in [0.3, 0.4) is 0 Å². The molecule has 0 spiro atoms. The highest BCUT2D eigenvalue weighted by Crippen LogP contribution is 2.54. The summed E-state index contributed by atoms with van der Waals surface area (Å²) in [6.45, 7) is 6.86. The fourth-order valence-electron chi connectivity index (χ4n) is 7.24. The molecule has 49 heavy (non-hydrogen) atoms. The van der Waals surface area contributed by atoms with Gasteiger partial charge >= 0.3 is 24.0 Å². The second kappa shape index (κ2) is 13.7. The Kier molecular flexibility index (Phi) is 10.7. The summed E-state index contributed by atoms with van der Waals surface area (Å²) in [7, 11) is -3.40. The third kappa shape index (κ3) is 6.71. The monoisotopic (exact) mass is 723 g/mol. The van der Waals surface area contributed by atoms with Gasteiger partial charge in [-0.3, -0.25) is 4.79 Å². The number of carbonyl (C=O) groups is 2. The van der Waals surface area contributed by atoms with Gasteiger partial charge in [0.15, 0.2) is 9.84 Å². The lowest BCUT2D eigenvalue weighted by Gasteiger charge is -2.44. The van der Waals surface area contributed by atoms with E-state index < -0.39 is 85.6 Å². The smallest absolute Gasteiger partial charge is 0.431 e. The molecule has 1 aliphatic heterocycles. The van der Waals surface area contributed by atoms with E-state index in [1.54, 1.807) is 13.0 Å². The molecular formula is C34H37F8NO5S. The van der Waals surface area contributed by atoms with Crippen LogP contribution in [-0.2, 0) is 24.2 Å². The number of ether oxygens (including phenoxy) is 1. The number of hydrogen-bond donors (Lipinski definition) is 0. The molecular weight excluding hydrogens is 686 g/mol. The zero-order valence-electron chi connectivity index (χ0n) is 27.1. The maximum atomic E-state index is 14.7. The predicted molar refractivity (Wildman–Crippen MR) is 164 cm³/mol. The number of benzene rings is 1. The zero-order chi connectivity index (χ0) is 36.7. The van der Waals surface area contributed by atoms with Crippen LogP contribution in [-0.4, -0.2) is 67.7 Å². The Hall–Kier alpha value is -3.49. The van der Waals surface area contributed by atoms with E-state index in [9.17, 15) is 53.1 Å². The van der Waals surface area contributed by atoms with Crippen LogP contribution in [0, 0.1) is 17.7 Å². The first-order valence-corrected chi connectivity index (χ1v) is 17.1. The Bertz CT molecular complexity index is 1680. The van der Waals surface area contributed by atoms with Crippen molar-refractivity contribution in [2.45, 2.75) is 92.5 Å². The summed E-state index contributed by atoms with van der Waals surface area (Å²) in [5.74, 6) is -2.80. The molecule has 1 saturated carbocycles. The van der Waals surface area contributed by atoms with Crippen LogP contribution in [0.2, 0.25) is 0 Å². The fourth-order valence-corrected chi connectivity index (χ4v) is 9.65. The summed E-state index contributed by atoms with van der Waals surface area (Å²) >= 11 is 0. The number of likely N-dealkylation sites (tertiary alicyclic amines) is 1. The molecule has 1 amide bonds. The van der Waals surface area contributed by atoms with Gasteiger partial charge in [-0.2, -0.15) is 26.3 Å². The molecule has 2 fully saturated rings. The van der Waals surface area contributed by atoms with E-state index in [2.05, 4.69) is 6.58 Å². The van der Waals surface area contributed by atoms with Gasteiger partial charge in [0.1, 0.15) is 10.6 Å². The highest BCUT2D eigenvalue weighted by Gasteiger charge is 2.72. The van der Waals surface area contributed by atoms with E-state index in [0.717, 1.165) is 30.4 Å². The minimum atomic E-state index is -6.29. The topological polar surface area (TPSA) is 80.8 Å². The quantitative estimate of drug-likeness (QED) is 0.201. The molecule has 4 rings (SSSR count). The van der Waals surface area contributed by atoms with Crippen molar-refractivity contribution in [3.63, 3.8) is 0 Å². The zero-order valence-corrected chi connectivity index (χ0v) is 27.9. The number of sulfone groups is 1. The van der Waals surface area contributed by atoms with Crippen LogP contribution >= 0.6 is 0 Å². The van der Waals surface area contributed by atoms with Gasteiger partial charge in [-0.1, -0.05) is 55.9 Å². The van der Waals surface area contributed by atoms with Crippen LogP contribution < -0.4 is 0 Å². The van der Waals surface area contributed by atoms with Crippen molar-refractivity contribution in [2.75, 3.05) is 13.7 Å². The molecule has 2 aliphatic carbocycles. The van der Waals surface area contributed by atoms with Gasteiger partial charge in [0, 0.05) is 24.5 Å². The van der Waals surface area contributed by atoms with Crippen LogP contribution in [0.4, 0.5) is 35.1 Å². The van der Waals surface area contributed by atoms with Crippen molar-refractivity contribution in [1.29, 1.82) is 0 Å². The van der Waals surface area contributed by atoms with Gasteiger partial charge in [0.2, 0.25) is 5.91 Å². The van der Waals surface area contributed by atoms with Crippen molar-refractivity contribution < 1.29 is 57.9 Å². The summed E-state index contributed by atoms with van der Waals surface area (Å²) < 4.78 is 142. The molecule has 0 aromatic heterocycles. The molecule has 1 saturated heterocycles. The highest BCUT2D eigenvalue weighted by atomic mass is 32.2. The Morgan fingerprint density at radius 3 is 2.33 bits per heavy atom. The van der Waals surface area contributed by atoms with E-state index >= 15 is 0 Å². The molecule has 0 radical (unpaired) electrons. The first-order chi connectivity index (χ1) is 22.7. The molecule has 1 aromatic carbocycles. The maximum Gasteiger partial charge on any atom is 0.431 e. The third-order valence-corrected chi connectivity index (χ3v) is 12.5. The number of methoxy groups -OCH3 is 1. The standard InChI is InChI=1S/C34H37F8NO5S/c1-5-22(19-32(36,33(37,38)39)34(40,41)42)10-13-27-20(2)9-14-28-31(27,49(46,47)25-8-6-7-24(35)18-25)15-16-43(28)29(44)26-12-11-23(17-21(26)3)30(45)48-4/h6-8,10-11,13,18,21,26,28H,2,5,9,12,14-17,19H2,1,3-4H3/b22-10+,27-13+/t21-,26+,28?,31?/m0/s1. The molecule has 2 unspecified atom stereocenters. The first-order valence-electron chi connectivity index (χ1n) is 15.6. The number of alkyl halides is 7. The number of rotatable bonds is 8. The highest BCUT2D eigenvalue weighted by molar-refractivity contribution is 7.93. The SMILES string of the molecule is C=C1CCC2N(C(=O)[C@@H]3CC=C(C(=O)OC)C[C@@H]3C)CCC2(S(=O)(=O)c2cccc(F)c2)/C1=C/C=C(\CC)CC(F)(C(F)(F)F)C(F)(F)F. The summed E-state index contributed by atoms with van der Waals surface area (Å²) in [5, 5.41) is 0. The average Bonchev–Trinajstić information content (AvgIpc) is 3.43. The molecule has 4 atom stereocenters. The number of nitrogens with zero attached hydrogens (tertiary/aromatic N) is 1. The Morgan fingerprint density at radius 1 is 1.12 bits per heavy atom. The van der Waals surface area contributed by atoms with Gasteiger partial charge in [0.25, 0.3) is 0 Å². The van der Waals surface area contributed by atoms with Crippen LogP contribution in [0.15, 0.2) is 76.3 Å². The largest absolute Gasteiger partial charge is 0.466 e. The minimum absolute atomic E-state index is 0.0673. The Labute approximate surface area is 279 Å². The van der Waals surface area contributed by atoms with Crippen molar-refractivity contribution in [1.82, 2.24) is 4.90 Å². The first kappa shape index (κ1) is 38.3. The van der Waals surface area contributed by atoms with Crippen molar-refractivity contribution in [2.24, 2.45) is 11.8 Å². The lowest BCUT2D eigenvalue weighted by molar-refractivity contribution is -0.340. The van der Waals surface area contributed by atoms with Crippen LogP contribution in [0.1, 0.15) is 58.8 Å². The number of amides is 1. The third-order valence-electron chi connectivity index (χ3n) is 9.98. The lowest BCUT2D eigenvalue weighted by Crippen LogP contribution is -2.56. The van der Waals surface area contributed by atoms with E-state index in [4.69, 9.17) is 4.74 Å². The summed E-state index contributed by atoms with van der Waals surface area (Å²) in [5.41, 5.74) is -5.63. The number of carbonyl (C=O) groups excluding carboxylic acids is 2. The fraction of sp³-hybridized carbons (Fsp3) is 0.529. The van der Waals surface area contributed by atoms with Crippen molar-refractivity contribution >= 4 is 21.7 Å². The van der Waals surface area contributed by atoms with E-state index in [-0.39, 0.29) is 55.7 Å². The van der Waals surface area contributed by atoms with Crippen LogP contribution in [0.25, 0.3) is 0 Å². The molecule has 1 heterocycles.